The SMILES string of the molecule is CCC(=O)Nc1ccc(C(=O)N/N=C\c2ccc(/C=N\NC(=O)c3ccc(NC(=O)CC)cc3)cc2)cc1. The average Bonchev–Trinajstić information content (AvgIpc) is 2.94. The standard InChI is InChI=1S/C28H28N6O4/c1-3-25(35)31-23-13-9-21(10-14-23)27(37)33-29-17-19-5-7-20(8-6-19)18-30-34-28(38)22-11-15-24(16-12-22)32-26(36)4-2/h5-18H,3-4H2,1-2H3,(H,31,35)(H,32,36)(H,33,37)(H,34,38)/b29-17-,30-18-. The average molecular weight is 513 g/mol. The molecule has 0 heterocycles. The first kappa shape index (κ1) is 27.5. The number of benzene rings is 3. The summed E-state index contributed by atoms with van der Waals surface area (Å²) in [5.41, 5.74) is 8.47. The minimum Gasteiger partial charge on any atom is -0.326 e. The Morgan fingerprint density at radius 3 is 1.24 bits per heavy atom. The van der Waals surface area contributed by atoms with Crippen LogP contribution in [0.25, 0.3) is 0 Å². The lowest BCUT2D eigenvalue weighted by atomic mass is 10.2. The van der Waals surface area contributed by atoms with E-state index in [9.17, 15) is 19.2 Å². The summed E-state index contributed by atoms with van der Waals surface area (Å²) in [4.78, 5) is 47.3. The van der Waals surface area contributed by atoms with Crippen LogP contribution in [0.4, 0.5) is 11.4 Å². The van der Waals surface area contributed by atoms with Gasteiger partial charge in [-0.15, -0.1) is 0 Å². The number of hydrazone groups is 2. The molecule has 0 bridgehead atoms. The fraction of sp³-hybridized carbons (Fsp3) is 0.143. The summed E-state index contributed by atoms with van der Waals surface area (Å²) in [5, 5.41) is 13.4. The molecule has 0 saturated carbocycles. The highest BCUT2D eigenvalue weighted by Crippen LogP contribution is 2.11. The maximum atomic E-state index is 12.2. The molecule has 4 amide bonds. The molecular weight excluding hydrogens is 484 g/mol. The van der Waals surface area contributed by atoms with Gasteiger partial charge < -0.3 is 10.6 Å². The molecule has 0 fully saturated rings. The van der Waals surface area contributed by atoms with Gasteiger partial charge in [-0.1, -0.05) is 38.1 Å². The van der Waals surface area contributed by atoms with Gasteiger partial charge in [0, 0.05) is 35.3 Å². The van der Waals surface area contributed by atoms with Gasteiger partial charge in [0.05, 0.1) is 12.4 Å². The maximum Gasteiger partial charge on any atom is 0.271 e. The number of rotatable bonds is 10. The van der Waals surface area contributed by atoms with E-state index in [1.165, 1.54) is 12.4 Å². The molecule has 194 valence electrons. The van der Waals surface area contributed by atoms with Crippen LogP contribution in [0.3, 0.4) is 0 Å². The Hall–Kier alpha value is -5.12. The minimum absolute atomic E-state index is 0.101. The zero-order valence-electron chi connectivity index (χ0n) is 21.0. The van der Waals surface area contributed by atoms with E-state index in [2.05, 4.69) is 31.7 Å². The maximum absolute atomic E-state index is 12.2. The molecule has 0 saturated heterocycles. The van der Waals surface area contributed by atoms with E-state index in [1.807, 2.05) is 0 Å². The zero-order chi connectivity index (χ0) is 27.3. The molecule has 10 nitrogen and oxygen atoms in total. The summed E-state index contributed by atoms with van der Waals surface area (Å²) in [7, 11) is 0. The van der Waals surface area contributed by atoms with Crippen molar-refractivity contribution in [3.8, 4) is 0 Å². The first-order chi connectivity index (χ1) is 18.4. The van der Waals surface area contributed by atoms with Crippen LogP contribution >= 0.6 is 0 Å². The topological polar surface area (TPSA) is 141 Å². The summed E-state index contributed by atoms with van der Waals surface area (Å²) in [5.74, 6) is -0.963. The van der Waals surface area contributed by atoms with Crippen molar-refractivity contribution in [2.75, 3.05) is 10.6 Å². The third-order valence-electron chi connectivity index (χ3n) is 5.20. The van der Waals surface area contributed by atoms with Gasteiger partial charge in [-0.25, -0.2) is 10.9 Å². The Morgan fingerprint density at radius 1 is 0.579 bits per heavy atom. The van der Waals surface area contributed by atoms with E-state index >= 15 is 0 Å². The van der Waals surface area contributed by atoms with E-state index in [0.29, 0.717) is 35.3 Å². The van der Waals surface area contributed by atoms with Crippen LogP contribution < -0.4 is 21.5 Å². The predicted molar refractivity (Wildman–Crippen MR) is 147 cm³/mol. The quantitative estimate of drug-likeness (QED) is 0.241. The second kappa shape index (κ2) is 13.8. The number of anilines is 2. The number of carbonyl (C=O) groups excluding carboxylic acids is 4. The van der Waals surface area contributed by atoms with Gasteiger partial charge in [0.1, 0.15) is 0 Å². The Balaban J connectivity index is 1.46. The molecular formula is C28H28N6O4. The van der Waals surface area contributed by atoms with Gasteiger partial charge in [-0.3, -0.25) is 19.2 Å². The molecule has 0 aliphatic carbocycles. The highest BCUT2D eigenvalue weighted by atomic mass is 16.2. The number of carbonyl (C=O) groups is 4. The molecule has 0 aromatic heterocycles. The largest absolute Gasteiger partial charge is 0.326 e. The number of hydrogen-bond donors (Lipinski definition) is 4. The molecule has 38 heavy (non-hydrogen) atoms. The van der Waals surface area contributed by atoms with Crippen LogP contribution in [0.5, 0.6) is 0 Å². The van der Waals surface area contributed by atoms with Gasteiger partial charge in [0.15, 0.2) is 0 Å². The molecule has 0 spiro atoms. The molecule has 3 aromatic rings. The number of amides is 4. The van der Waals surface area contributed by atoms with E-state index in [0.717, 1.165) is 11.1 Å². The first-order valence-electron chi connectivity index (χ1n) is 11.9. The molecule has 10 heteroatoms. The first-order valence-corrected chi connectivity index (χ1v) is 11.9. The molecule has 0 aliphatic heterocycles. The van der Waals surface area contributed by atoms with Crippen LogP contribution in [0.1, 0.15) is 58.5 Å². The van der Waals surface area contributed by atoms with Crippen molar-refractivity contribution in [3.63, 3.8) is 0 Å². The number of nitrogens with one attached hydrogen (secondary N) is 4. The number of nitrogens with zero attached hydrogens (tertiary/aromatic N) is 2. The Labute approximate surface area is 220 Å². The monoisotopic (exact) mass is 512 g/mol. The van der Waals surface area contributed by atoms with Gasteiger partial charge in [0.25, 0.3) is 11.8 Å². The third-order valence-corrected chi connectivity index (χ3v) is 5.20. The van der Waals surface area contributed by atoms with Crippen LogP contribution in [0.15, 0.2) is 83.0 Å². The lowest BCUT2D eigenvalue weighted by Gasteiger charge is -2.05. The Kier molecular flexibility index (Phi) is 10.00. The second-order valence-electron chi connectivity index (χ2n) is 8.02. The highest BCUT2D eigenvalue weighted by molar-refractivity contribution is 5.97. The molecule has 3 rings (SSSR count). The van der Waals surface area contributed by atoms with E-state index < -0.39 is 0 Å². The lowest BCUT2D eigenvalue weighted by Crippen LogP contribution is -2.18. The fourth-order valence-electron chi connectivity index (χ4n) is 3.04. The van der Waals surface area contributed by atoms with E-state index in [-0.39, 0.29) is 23.6 Å². The van der Waals surface area contributed by atoms with Gasteiger partial charge in [-0.05, 0) is 59.7 Å². The molecule has 3 aromatic carbocycles. The van der Waals surface area contributed by atoms with Crippen LogP contribution in [-0.2, 0) is 9.59 Å². The van der Waals surface area contributed by atoms with Gasteiger partial charge in [0.2, 0.25) is 11.8 Å². The van der Waals surface area contributed by atoms with E-state index in [4.69, 9.17) is 0 Å². The summed E-state index contributed by atoms with van der Waals surface area (Å²) in [6.07, 6.45) is 3.75. The van der Waals surface area contributed by atoms with Crippen LogP contribution in [-0.4, -0.2) is 36.1 Å². The van der Waals surface area contributed by atoms with Crippen molar-refractivity contribution < 1.29 is 19.2 Å². The highest BCUT2D eigenvalue weighted by Gasteiger charge is 2.06. The molecule has 0 radical (unpaired) electrons. The zero-order valence-corrected chi connectivity index (χ0v) is 21.0. The summed E-state index contributed by atoms with van der Waals surface area (Å²) in [6.45, 7) is 3.52. The summed E-state index contributed by atoms with van der Waals surface area (Å²) < 4.78 is 0. The number of hydrogen-bond acceptors (Lipinski definition) is 6. The normalized spacial score (nSPS) is 10.8. The molecule has 4 N–H and O–H groups in total. The smallest absolute Gasteiger partial charge is 0.271 e. The molecule has 0 aliphatic rings. The van der Waals surface area contributed by atoms with Crippen molar-refractivity contribution >= 4 is 47.4 Å². The van der Waals surface area contributed by atoms with Crippen molar-refractivity contribution in [3.05, 3.63) is 95.1 Å². The van der Waals surface area contributed by atoms with Crippen LogP contribution in [0.2, 0.25) is 0 Å². The Bertz CT molecular complexity index is 1230. The summed E-state index contributed by atoms with van der Waals surface area (Å²) in [6, 6.07) is 20.2. The second-order valence-corrected chi connectivity index (χ2v) is 8.02. The summed E-state index contributed by atoms with van der Waals surface area (Å²) >= 11 is 0. The Morgan fingerprint density at radius 2 is 0.921 bits per heavy atom. The fourth-order valence-corrected chi connectivity index (χ4v) is 3.04. The van der Waals surface area contributed by atoms with E-state index in [1.54, 1.807) is 86.6 Å². The van der Waals surface area contributed by atoms with Crippen molar-refractivity contribution in [1.82, 2.24) is 10.9 Å². The van der Waals surface area contributed by atoms with Crippen LogP contribution in [0, 0.1) is 0 Å². The third kappa shape index (κ3) is 8.52. The van der Waals surface area contributed by atoms with Gasteiger partial charge in [-0.2, -0.15) is 10.2 Å². The van der Waals surface area contributed by atoms with Gasteiger partial charge >= 0.3 is 0 Å². The van der Waals surface area contributed by atoms with Crippen molar-refractivity contribution in [2.24, 2.45) is 10.2 Å². The molecule has 0 unspecified atom stereocenters. The molecule has 0 atom stereocenters. The van der Waals surface area contributed by atoms with Crippen molar-refractivity contribution in [2.45, 2.75) is 26.7 Å². The predicted octanol–water partition coefficient (Wildman–Crippen LogP) is 3.91. The lowest BCUT2D eigenvalue weighted by molar-refractivity contribution is -0.116. The minimum atomic E-state index is -0.380. The van der Waals surface area contributed by atoms with Crippen molar-refractivity contribution in [1.29, 1.82) is 0 Å².